The van der Waals surface area contributed by atoms with E-state index < -0.39 is 174 Å². The van der Waals surface area contributed by atoms with Crippen LogP contribution in [-0.2, 0) is 73.5 Å². The predicted octanol–water partition coefficient (Wildman–Crippen LogP) is 23.1. The number of rotatable bonds is 6. The molecule has 0 aliphatic carbocycles. The first-order valence-electron chi connectivity index (χ1n) is 30.0. The second-order valence-corrected chi connectivity index (χ2v) is 23.7. The van der Waals surface area contributed by atoms with E-state index in [-0.39, 0.29) is 110 Å². The summed E-state index contributed by atoms with van der Waals surface area (Å²) in [6, 6.07) is 21.7. The molecular weight excluding hydrogens is 1410 g/mol. The number of alkyl halides is 24. The average Bonchev–Trinajstić information content (AvgIpc) is 0.745. The Bertz CT molecular complexity index is 4300. The lowest BCUT2D eigenvalue weighted by Crippen LogP contribution is -2.31. The van der Waals surface area contributed by atoms with Gasteiger partial charge in [0, 0.05) is 11.1 Å². The molecule has 1 heterocycles. The minimum absolute atomic E-state index is 0.177. The topological polar surface area (TPSA) is 83.6 Å². The first kappa shape index (κ1) is 73.4. The molecule has 0 bridgehead atoms. The molecule has 0 fully saturated rings. The van der Waals surface area contributed by atoms with Gasteiger partial charge in [0.25, 0.3) is 0 Å². The van der Waals surface area contributed by atoms with E-state index in [9.17, 15) is 116 Å². The fraction of sp³-hybridized carbons (Fsp3) is 0.222. The first-order valence-corrected chi connectivity index (χ1v) is 30.0. The lowest BCUT2D eigenvalue weighted by molar-refractivity contribution is -0.145. The number of nitrogens with zero attached hydrogens (tertiary/aromatic N) is 2. The monoisotopic (exact) mass is 1460 g/mol. The summed E-state index contributed by atoms with van der Waals surface area (Å²) in [5, 5.41) is 37.2. The van der Waals surface area contributed by atoms with Crippen LogP contribution in [0.2, 0.25) is 0 Å². The molecule has 1 aliphatic rings. The highest BCUT2D eigenvalue weighted by atomic mass is 19.4. The first-order chi connectivity index (χ1) is 47.3. The SMILES string of the molecule is OC(c1cc(C(F)(F)F)cc(C(F)(F)F)c1)(c1cc(C(F)(F)F)cc(C(F)(F)F)c1)c1ccc2c(c1)N=Nc1cc(C(O)(c3cc(C(F)(F)F)cc(C(F)(F)F)c3)c3cc(C(F)(F)F)cc(C(F)(F)F)c3)ccc1CCCOc1ccc3ccccc3c1-c1c(ccc3ccccc13)OCCC2. The maximum atomic E-state index is 14.7. The van der Waals surface area contributed by atoms with Crippen molar-refractivity contribution in [2.24, 2.45) is 10.2 Å². The van der Waals surface area contributed by atoms with Crippen LogP contribution < -0.4 is 9.47 Å². The normalized spacial score (nSPS) is 14.5. The van der Waals surface area contributed by atoms with Crippen LogP contribution in [0.4, 0.5) is 117 Å². The van der Waals surface area contributed by atoms with Crippen molar-refractivity contribution in [2.75, 3.05) is 13.2 Å². The number of hydrogen-bond acceptors (Lipinski definition) is 6. The number of azo groups is 1. The fourth-order valence-electron chi connectivity index (χ4n) is 12.1. The second kappa shape index (κ2) is 26.2. The molecule has 1 aliphatic heterocycles. The van der Waals surface area contributed by atoms with Gasteiger partial charge in [0.1, 0.15) is 22.7 Å². The Morgan fingerprint density at radius 3 is 0.765 bits per heavy atom. The Kier molecular flexibility index (Phi) is 18.9. The number of benzene rings is 10. The van der Waals surface area contributed by atoms with E-state index in [4.69, 9.17) is 9.47 Å². The van der Waals surface area contributed by atoms with Gasteiger partial charge in [-0.15, -0.1) is 0 Å². The molecule has 0 saturated carbocycles. The van der Waals surface area contributed by atoms with Crippen molar-refractivity contribution >= 4 is 32.9 Å². The second-order valence-electron chi connectivity index (χ2n) is 23.7. The summed E-state index contributed by atoms with van der Waals surface area (Å²) >= 11 is 0. The molecule has 0 amide bonds. The van der Waals surface area contributed by atoms with Crippen molar-refractivity contribution in [1.82, 2.24) is 0 Å². The molecule has 0 spiro atoms. The van der Waals surface area contributed by atoms with E-state index in [1.807, 2.05) is 0 Å². The number of hydrogen-bond donors (Lipinski definition) is 2. The van der Waals surface area contributed by atoms with Gasteiger partial charge in [-0.3, -0.25) is 0 Å². The van der Waals surface area contributed by atoms with E-state index in [1.165, 1.54) is 0 Å². The molecule has 30 heteroatoms. The Morgan fingerprint density at radius 1 is 0.265 bits per heavy atom. The van der Waals surface area contributed by atoms with Crippen molar-refractivity contribution < 1.29 is 125 Å². The number of ether oxygens (including phenoxy) is 2. The molecule has 534 valence electrons. The van der Waals surface area contributed by atoms with E-state index >= 15 is 0 Å². The van der Waals surface area contributed by atoms with Crippen LogP contribution in [0.5, 0.6) is 11.5 Å². The Morgan fingerprint density at radius 2 is 0.510 bits per heavy atom. The van der Waals surface area contributed by atoms with Crippen molar-refractivity contribution in [3.63, 3.8) is 0 Å². The highest BCUT2D eigenvalue weighted by Crippen LogP contribution is 2.52. The average molecular weight is 1460 g/mol. The summed E-state index contributed by atoms with van der Waals surface area (Å²) in [6.07, 6.45) is -47.5. The minimum Gasteiger partial charge on any atom is -0.493 e. The number of aryl methyl sites for hydroxylation is 2. The highest BCUT2D eigenvalue weighted by molar-refractivity contribution is 6.09. The van der Waals surface area contributed by atoms with Crippen molar-refractivity contribution in [2.45, 2.75) is 86.3 Å². The van der Waals surface area contributed by atoms with E-state index in [2.05, 4.69) is 10.2 Å². The van der Waals surface area contributed by atoms with Crippen LogP contribution in [-0.4, -0.2) is 23.4 Å². The lowest BCUT2D eigenvalue weighted by atomic mass is 9.77. The smallest absolute Gasteiger partial charge is 0.416 e. The van der Waals surface area contributed by atoms with Gasteiger partial charge in [0.15, 0.2) is 0 Å². The largest absolute Gasteiger partial charge is 0.493 e. The molecule has 0 atom stereocenters. The number of aliphatic hydroxyl groups is 2. The Balaban J connectivity index is 1.20. The molecule has 0 radical (unpaired) electrons. The lowest BCUT2D eigenvalue weighted by Gasteiger charge is -2.33. The molecule has 0 unspecified atom stereocenters. The van der Waals surface area contributed by atoms with Gasteiger partial charge in [-0.25, -0.2) is 0 Å². The molecule has 0 saturated heterocycles. The summed E-state index contributed by atoms with van der Waals surface area (Å²) in [6.45, 7) is -0.600. The Labute approximate surface area is 559 Å². The molecule has 11 rings (SSSR count). The molecule has 2 N–H and O–H groups in total. The molecule has 0 aromatic heterocycles. The van der Waals surface area contributed by atoms with Crippen molar-refractivity contribution in [3.05, 3.63) is 271 Å². The van der Waals surface area contributed by atoms with Gasteiger partial charge in [-0.05, 0) is 189 Å². The molecular formula is C72H44F24N2O4. The maximum absolute atomic E-state index is 14.7. The number of fused-ring (bicyclic) bond motifs is 9. The minimum atomic E-state index is -5.80. The van der Waals surface area contributed by atoms with Crippen LogP contribution in [0, 0.1) is 0 Å². The highest BCUT2D eigenvalue weighted by Gasteiger charge is 2.48. The molecule has 10 aromatic carbocycles. The summed E-state index contributed by atoms with van der Waals surface area (Å²) in [4.78, 5) is 0. The van der Waals surface area contributed by atoms with Crippen molar-refractivity contribution in [1.29, 1.82) is 0 Å². The van der Waals surface area contributed by atoms with E-state index in [0.717, 1.165) is 12.1 Å². The third-order valence-corrected chi connectivity index (χ3v) is 17.0. The van der Waals surface area contributed by atoms with Gasteiger partial charge in [-0.2, -0.15) is 116 Å². The standard InChI is InChI=1S/C72H44F24N2O4/c73-65(74,75)47-23-43(24-48(31-47)66(76,77)78)63(99,44-25-49(67(79,80)81)32-50(26-44)68(82,83)84)41-17-13-39-9-5-21-101-59-19-15-37-7-1-3-11-55(37)61(59)62-56-12-4-2-8-38(56)16-20-60(62)102-22-6-10-40-14-18-42(36-58(40)98-97-57(39)35-41)64(100,45-27-51(69(85,86)87)33-52(28-45)70(88,89)90)46-29-53(71(91,92)93)34-54(30-46)72(94,95)96/h1-4,7-8,11-20,23-36,99-100H,5-6,9-10,21-22H2. The van der Waals surface area contributed by atoms with Gasteiger partial charge in [0.2, 0.25) is 0 Å². The third kappa shape index (κ3) is 14.9. The number of halogens is 24. The van der Waals surface area contributed by atoms with E-state index in [1.54, 1.807) is 72.8 Å². The van der Waals surface area contributed by atoms with Crippen LogP contribution in [0.3, 0.4) is 0 Å². The fourth-order valence-corrected chi connectivity index (χ4v) is 12.1. The summed E-state index contributed by atoms with van der Waals surface area (Å²) in [5.74, 6) is 0.498. The van der Waals surface area contributed by atoms with Crippen LogP contribution in [0.25, 0.3) is 32.7 Å². The molecule has 102 heavy (non-hydrogen) atoms. The van der Waals surface area contributed by atoms with Gasteiger partial charge >= 0.3 is 49.4 Å². The van der Waals surface area contributed by atoms with Crippen molar-refractivity contribution in [3.8, 4) is 22.6 Å². The quantitative estimate of drug-likeness (QED) is 0.128. The zero-order chi connectivity index (χ0) is 74.3. The summed E-state index contributed by atoms with van der Waals surface area (Å²) in [7, 11) is 0. The Hall–Kier alpha value is -9.84. The zero-order valence-electron chi connectivity index (χ0n) is 51.2. The van der Waals surface area contributed by atoms with Crippen LogP contribution in [0.15, 0.2) is 192 Å². The van der Waals surface area contributed by atoms with Gasteiger partial charge in [0.05, 0.1) is 69.1 Å². The molecule has 10 aromatic rings. The van der Waals surface area contributed by atoms with E-state index in [0.29, 0.717) is 56.9 Å². The van der Waals surface area contributed by atoms with Crippen LogP contribution >= 0.6 is 0 Å². The van der Waals surface area contributed by atoms with Gasteiger partial charge < -0.3 is 19.7 Å². The third-order valence-electron chi connectivity index (χ3n) is 17.0. The summed E-state index contributed by atoms with van der Waals surface area (Å²) in [5.41, 5.74) is -35.8. The summed E-state index contributed by atoms with van der Waals surface area (Å²) < 4.78 is 366. The van der Waals surface area contributed by atoms with Gasteiger partial charge in [-0.1, -0.05) is 84.9 Å². The molecule has 6 nitrogen and oxygen atoms in total. The predicted molar refractivity (Wildman–Crippen MR) is 322 cm³/mol. The zero-order valence-corrected chi connectivity index (χ0v) is 51.2. The maximum Gasteiger partial charge on any atom is 0.416 e. The van der Waals surface area contributed by atoms with Crippen LogP contribution in [0.1, 0.15) is 102 Å².